The number of piperazine rings is 1. The number of rotatable bonds is 5. The fraction of sp³-hybridized carbons (Fsp3) is 0.348. The number of non-ortho nitro benzene ring substituents is 1. The maximum absolute atomic E-state index is 12.7. The number of fused-ring (bicyclic) bond motifs is 1. The van der Waals surface area contributed by atoms with E-state index in [0.717, 1.165) is 19.6 Å². The van der Waals surface area contributed by atoms with Gasteiger partial charge < -0.3 is 14.4 Å². The molecule has 4 rings (SSSR count). The third kappa shape index (κ3) is 4.92. The third-order valence-electron chi connectivity index (χ3n) is 5.68. The van der Waals surface area contributed by atoms with E-state index in [-0.39, 0.29) is 25.0 Å². The van der Waals surface area contributed by atoms with Gasteiger partial charge in [-0.3, -0.25) is 19.8 Å². The quantitative estimate of drug-likeness (QED) is 0.417. The van der Waals surface area contributed by atoms with Crippen LogP contribution in [0, 0.1) is 17.0 Å². The Morgan fingerprint density at radius 2 is 1.97 bits per heavy atom. The summed E-state index contributed by atoms with van der Waals surface area (Å²) in [5.74, 6) is 0.423. The van der Waals surface area contributed by atoms with E-state index in [0.29, 0.717) is 30.0 Å². The van der Waals surface area contributed by atoms with Crippen LogP contribution in [0.3, 0.4) is 0 Å². The molecule has 0 radical (unpaired) electrons. The Morgan fingerprint density at radius 3 is 2.71 bits per heavy atom. The molecule has 2 heterocycles. The number of hydrogen-bond donors (Lipinski definition) is 0. The van der Waals surface area contributed by atoms with Crippen molar-refractivity contribution in [2.24, 2.45) is 0 Å². The molecule has 8 heteroatoms. The van der Waals surface area contributed by atoms with Crippen molar-refractivity contribution in [3.05, 3.63) is 74.8 Å². The number of nitro benzene ring substituents is 1. The second kappa shape index (κ2) is 9.28. The number of benzene rings is 2. The fourth-order valence-electron chi connectivity index (χ4n) is 3.88. The highest BCUT2D eigenvalue weighted by atomic mass is 16.7. The molecule has 0 aromatic heterocycles. The molecule has 2 aliphatic rings. The van der Waals surface area contributed by atoms with Crippen LogP contribution in [-0.2, 0) is 22.7 Å². The molecule has 0 atom stereocenters. The average molecular weight is 423 g/mol. The number of hydrogen-bond acceptors (Lipinski definition) is 6. The molecule has 1 fully saturated rings. The first kappa shape index (κ1) is 21.0. The summed E-state index contributed by atoms with van der Waals surface area (Å²) in [6.07, 6.45) is 3.06. The van der Waals surface area contributed by atoms with Gasteiger partial charge in [-0.2, -0.15) is 0 Å². The summed E-state index contributed by atoms with van der Waals surface area (Å²) in [6, 6.07) is 11.2. The normalized spacial score (nSPS) is 16.7. The van der Waals surface area contributed by atoms with Crippen LogP contribution >= 0.6 is 0 Å². The Hall–Kier alpha value is -3.23. The lowest BCUT2D eigenvalue weighted by molar-refractivity contribution is -0.385. The summed E-state index contributed by atoms with van der Waals surface area (Å²) >= 11 is 0. The van der Waals surface area contributed by atoms with E-state index in [2.05, 4.69) is 30.0 Å². The largest absolute Gasteiger partial charge is 0.467 e. The Balaban J connectivity index is 1.40. The highest BCUT2D eigenvalue weighted by molar-refractivity contribution is 5.92. The van der Waals surface area contributed by atoms with E-state index in [1.54, 1.807) is 11.0 Å². The van der Waals surface area contributed by atoms with E-state index in [1.165, 1.54) is 29.3 Å². The lowest BCUT2D eigenvalue weighted by Gasteiger charge is -2.34. The van der Waals surface area contributed by atoms with Crippen molar-refractivity contribution >= 4 is 17.7 Å². The van der Waals surface area contributed by atoms with Crippen molar-refractivity contribution in [3.63, 3.8) is 0 Å². The zero-order valence-electron chi connectivity index (χ0n) is 17.5. The van der Waals surface area contributed by atoms with Gasteiger partial charge in [-0.1, -0.05) is 24.3 Å². The SMILES string of the molecule is Cc1ccccc1CN1CCN(C(=O)/C=C/c2cc([N+](=O)[O-])cc3c2OCOC3)CC1. The predicted octanol–water partition coefficient (Wildman–Crippen LogP) is 3.13. The Morgan fingerprint density at radius 1 is 1.19 bits per heavy atom. The number of aryl methyl sites for hydroxylation is 1. The minimum atomic E-state index is -0.457. The summed E-state index contributed by atoms with van der Waals surface area (Å²) in [5, 5.41) is 11.2. The summed E-state index contributed by atoms with van der Waals surface area (Å²) in [4.78, 5) is 27.6. The maximum atomic E-state index is 12.7. The fourth-order valence-corrected chi connectivity index (χ4v) is 3.88. The Labute approximate surface area is 180 Å². The molecule has 8 nitrogen and oxygen atoms in total. The number of nitrogens with zero attached hydrogens (tertiary/aromatic N) is 3. The summed E-state index contributed by atoms with van der Waals surface area (Å²) in [5.41, 5.74) is 3.65. The maximum Gasteiger partial charge on any atom is 0.270 e. The van der Waals surface area contributed by atoms with Crippen LogP contribution < -0.4 is 4.74 Å². The van der Waals surface area contributed by atoms with Crippen LogP contribution in [0.25, 0.3) is 6.08 Å². The van der Waals surface area contributed by atoms with Crippen molar-refractivity contribution in [1.82, 2.24) is 9.80 Å². The van der Waals surface area contributed by atoms with Crippen molar-refractivity contribution in [2.45, 2.75) is 20.1 Å². The minimum Gasteiger partial charge on any atom is -0.467 e. The van der Waals surface area contributed by atoms with Gasteiger partial charge in [0.05, 0.1) is 11.5 Å². The van der Waals surface area contributed by atoms with Gasteiger partial charge in [0.1, 0.15) is 5.75 Å². The molecule has 2 aromatic carbocycles. The van der Waals surface area contributed by atoms with E-state index in [1.807, 2.05) is 6.07 Å². The van der Waals surface area contributed by atoms with Gasteiger partial charge >= 0.3 is 0 Å². The number of carbonyl (C=O) groups is 1. The molecule has 1 amide bonds. The first-order valence-corrected chi connectivity index (χ1v) is 10.3. The van der Waals surface area contributed by atoms with E-state index < -0.39 is 4.92 Å². The second-order valence-electron chi connectivity index (χ2n) is 7.75. The molecule has 162 valence electrons. The monoisotopic (exact) mass is 423 g/mol. The Bertz CT molecular complexity index is 1010. The van der Waals surface area contributed by atoms with E-state index in [4.69, 9.17) is 9.47 Å². The van der Waals surface area contributed by atoms with Crippen LogP contribution in [-0.4, -0.2) is 53.6 Å². The highest BCUT2D eigenvalue weighted by Gasteiger charge is 2.22. The first-order chi connectivity index (χ1) is 15.0. The van der Waals surface area contributed by atoms with Gasteiger partial charge in [0, 0.05) is 62.1 Å². The average Bonchev–Trinajstić information content (AvgIpc) is 2.79. The summed E-state index contributed by atoms with van der Waals surface area (Å²) < 4.78 is 10.7. The minimum absolute atomic E-state index is 0.0511. The lowest BCUT2D eigenvalue weighted by atomic mass is 10.1. The molecule has 0 unspecified atom stereocenters. The smallest absolute Gasteiger partial charge is 0.270 e. The molecule has 2 aromatic rings. The molecule has 2 aliphatic heterocycles. The van der Waals surface area contributed by atoms with Crippen LogP contribution in [0.2, 0.25) is 0 Å². The van der Waals surface area contributed by atoms with Crippen molar-refractivity contribution < 1.29 is 19.2 Å². The molecule has 0 aliphatic carbocycles. The van der Waals surface area contributed by atoms with Gasteiger partial charge in [-0.05, 0) is 24.1 Å². The van der Waals surface area contributed by atoms with Crippen molar-refractivity contribution in [3.8, 4) is 5.75 Å². The number of amides is 1. The van der Waals surface area contributed by atoms with Gasteiger partial charge in [0.2, 0.25) is 5.91 Å². The zero-order chi connectivity index (χ0) is 21.8. The zero-order valence-corrected chi connectivity index (χ0v) is 17.5. The number of carbonyl (C=O) groups excluding carboxylic acids is 1. The topological polar surface area (TPSA) is 85.2 Å². The van der Waals surface area contributed by atoms with Gasteiger partial charge in [-0.25, -0.2) is 0 Å². The molecular formula is C23H25N3O5. The van der Waals surface area contributed by atoms with Gasteiger partial charge in [0.15, 0.2) is 6.79 Å². The van der Waals surface area contributed by atoms with E-state index in [9.17, 15) is 14.9 Å². The first-order valence-electron chi connectivity index (χ1n) is 10.3. The van der Waals surface area contributed by atoms with E-state index >= 15 is 0 Å². The predicted molar refractivity (Wildman–Crippen MR) is 115 cm³/mol. The van der Waals surface area contributed by atoms with Gasteiger partial charge in [-0.15, -0.1) is 0 Å². The summed E-state index contributed by atoms with van der Waals surface area (Å²) in [6.45, 7) is 6.23. The molecule has 31 heavy (non-hydrogen) atoms. The van der Waals surface area contributed by atoms with Crippen LogP contribution in [0.1, 0.15) is 22.3 Å². The van der Waals surface area contributed by atoms with Gasteiger partial charge in [0.25, 0.3) is 5.69 Å². The molecular weight excluding hydrogens is 398 g/mol. The third-order valence-corrected chi connectivity index (χ3v) is 5.68. The number of nitro groups is 1. The van der Waals surface area contributed by atoms with Crippen LogP contribution in [0.4, 0.5) is 5.69 Å². The standard InChI is InChI=1S/C23H25N3O5/c1-17-4-2-3-5-19(17)14-24-8-10-25(11-9-24)22(27)7-6-18-12-21(26(28)29)13-20-15-30-16-31-23(18)20/h2-7,12-13H,8-11,14-16H2,1H3/b7-6+. The Kier molecular flexibility index (Phi) is 6.29. The second-order valence-corrected chi connectivity index (χ2v) is 7.75. The highest BCUT2D eigenvalue weighted by Crippen LogP contribution is 2.33. The molecule has 0 N–H and O–H groups in total. The summed E-state index contributed by atoms with van der Waals surface area (Å²) in [7, 11) is 0. The number of ether oxygens (including phenoxy) is 2. The van der Waals surface area contributed by atoms with Crippen molar-refractivity contribution in [1.29, 1.82) is 0 Å². The molecule has 0 bridgehead atoms. The van der Waals surface area contributed by atoms with Crippen molar-refractivity contribution in [2.75, 3.05) is 33.0 Å². The molecule has 0 spiro atoms. The lowest BCUT2D eigenvalue weighted by Crippen LogP contribution is -2.47. The molecule has 0 saturated carbocycles. The van der Waals surface area contributed by atoms with Crippen LogP contribution in [0.5, 0.6) is 5.75 Å². The molecule has 1 saturated heterocycles. The van der Waals surface area contributed by atoms with Crippen LogP contribution in [0.15, 0.2) is 42.5 Å².